The Morgan fingerprint density at radius 3 is 2.76 bits per heavy atom. The monoisotopic (exact) mass is 511 g/mol. The number of amides is 1. The fraction of sp³-hybridized carbons (Fsp3) is 0.577. The van der Waals surface area contributed by atoms with Gasteiger partial charge in [0, 0.05) is 32.5 Å². The molecule has 1 aliphatic carbocycles. The lowest BCUT2D eigenvalue weighted by Gasteiger charge is -2.23. The third-order valence-corrected chi connectivity index (χ3v) is 7.70. The first-order valence-electron chi connectivity index (χ1n) is 13.0. The Morgan fingerprint density at radius 1 is 1.11 bits per heavy atom. The molecular weight excluding hydrogens is 478 g/mol. The largest absolute Gasteiger partial charge is 0.460 e. The molecule has 2 bridgehead atoms. The van der Waals surface area contributed by atoms with E-state index in [0.717, 1.165) is 30.3 Å². The summed E-state index contributed by atoms with van der Waals surface area (Å²) in [6.45, 7) is 1.90. The third kappa shape index (κ3) is 5.43. The van der Waals surface area contributed by atoms with E-state index in [4.69, 9.17) is 15.2 Å². The summed E-state index contributed by atoms with van der Waals surface area (Å²) in [6.07, 6.45) is 4.23. The number of nitrogens with zero attached hydrogens (tertiary/aromatic N) is 3. The van der Waals surface area contributed by atoms with Crippen LogP contribution in [0, 0.1) is 5.92 Å². The molecule has 3 aliphatic rings. The number of ether oxygens (including phenoxy) is 2. The average Bonchev–Trinajstić information content (AvgIpc) is 3.50. The molecule has 3 heterocycles. The summed E-state index contributed by atoms with van der Waals surface area (Å²) in [5.74, 6) is -1.77. The molecular formula is C26H33N5O6. The Bertz CT molecular complexity index is 1250. The van der Waals surface area contributed by atoms with E-state index in [1.807, 2.05) is 4.90 Å². The first-order chi connectivity index (χ1) is 17.9. The molecule has 1 amide bonds. The topological polar surface area (TPSA) is 146 Å². The lowest BCUT2D eigenvalue weighted by Crippen LogP contribution is -2.43. The van der Waals surface area contributed by atoms with E-state index >= 15 is 0 Å². The predicted molar refractivity (Wildman–Crippen MR) is 134 cm³/mol. The first kappa shape index (κ1) is 25.5. The second-order valence-electron chi connectivity index (χ2n) is 10.1. The Kier molecular flexibility index (Phi) is 7.63. The maximum atomic E-state index is 13.3. The van der Waals surface area contributed by atoms with E-state index in [-0.39, 0.29) is 30.3 Å². The number of primary amides is 1. The van der Waals surface area contributed by atoms with Gasteiger partial charge in [-0.3, -0.25) is 29.4 Å². The van der Waals surface area contributed by atoms with Crippen LogP contribution in [-0.4, -0.2) is 76.7 Å². The normalized spacial score (nSPS) is 29.7. The Hall–Kier alpha value is -3.15. The second kappa shape index (κ2) is 11.1. The van der Waals surface area contributed by atoms with Crippen molar-refractivity contribution < 1.29 is 23.9 Å². The van der Waals surface area contributed by atoms with Crippen LogP contribution in [0.5, 0.6) is 6.01 Å². The number of nitrogens with two attached hydrogens (primary N) is 1. The number of fused-ring (bicyclic) bond motifs is 5. The molecule has 0 spiro atoms. The van der Waals surface area contributed by atoms with Gasteiger partial charge in [0.15, 0.2) is 0 Å². The van der Waals surface area contributed by atoms with Crippen molar-refractivity contribution in [1.82, 2.24) is 19.8 Å². The minimum Gasteiger partial charge on any atom is -0.460 e. The lowest BCUT2D eigenvalue weighted by atomic mass is 9.97. The average molecular weight is 512 g/mol. The van der Waals surface area contributed by atoms with E-state index in [2.05, 4.69) is 10.3 Å². The molecule has 2 fully saturated rings. The quantitative estimate of drug-likeness (QED) is 0.532. The smallest absolute Gasteiger partial charge is 0.307 e. The Balaban J connectivity index is 1.48. The van der Waals surface area contributed by atoms with Gasteiger partial charge in [-0.15, -0.1) is 0 Å². The molecule has 0 radical (unpaired) electrons. The predicted octanol–water partition coefficient (Wildman–Crippen LogP) is 0.829. The number of hydrogen-bond donors (Lipinski definition) is 2. The van der Waals surface area contributed by atoms with Crippen LogP contribution in [0.25, 0.3) is 10.9 Å². The third-order valence-electron chi connectivity index (χ3n) is 7.70. The highest BCUT2D eigenvalue weighted by molar-refractivity contribution is 6.37. The number of ketones is 1. The van der Waals surface area contributed by atoms with Gasteiger partial charge < -0.3 is 15.2 Å². The van der Waals surface area contributed by atoms with Gasteiger partial charge in [-0.25, -0.2) is 0 Å². The van der Waals surface area contributed by atoms with Gasteiger partial charge >= 0.3 is 11.9 Å². The number of aromatic nitrogens is 2. The highest BCUT2D eigenvalue weighted by atomic mass is 16.5. The zero-order valence-corrected chi connectivity index (χ0v) is 20.8. The van der Waals surface area contributed by atoms with Crippen molar-refractivity contribution >= 4 is 28.5 Å². The number of carbonyl (C=O) groups is 3. The fourth-order valence-corrected chi connectivity index (χ4v) is 5.78. The molecule has 37 heavy (non-hydrogen) atoms. The van der Waals surface area contributed by atoms with Crippen molar-refractivity contribution in [3.63, 3.8) is 0 Å². The van der Waals surface area contributed by atoms with E-state index in [1.165, 1.54) is 0 Å². The van der Waals surface area contributed by atoms with Crippen LogP contribution < -0.4 is 21.3 Å². The minimum absolute atomic E-state index is 0.0277. The van der Waals surface area contributed by atoms with Gasteiger partial charge in [-0.2, -0.15) is 9.55 Å². The second-order valence-corrected chi connectivity index (χ2v) is 10.1. The van der Waals surface area contributed by atoms with E-state index in [0.29, 0.717) is 44.2 Å². The van der Waals surface area contributed by atoms with Crippen LogP contribution in [-0.2, 0) is 14.3 Å². The van der Waals surface area contributed by atoms with E-state index in [9.17, 15) is 19.2 Å². The number of rotatable bonds is 1. The van der Waals surface area contributed by atoms with Gasteiger partial charge in [0.2, 0.25) is 11.7 Å². The first-order valence-corrected chi connectivity index (χ1v) is 13.0. The fourth-order valence-electron chi connectivity index (χ4n) is 5.78. The summed E-state index contributed by atoms with van der Waals surface area (Å²) in [5, 5.41) is 3.51. The number of hydrogen-bond acceptors (Lipinski definition) is 9. The summed E-state index contributed by atoms with van der Waals surface area (Å²) in [7, 11) is 0. The van der Waals surface area contributed by atoms with Crippen LogP contribution in [0.15, 0.2) is 29.1 Å². The van der Waals surface area contributed by atoms with Crippen molar-refractivity contribution in [2.24, 2.45) is 11.7 Å². The van der Waals surface area contributed by atoms with Crippen LogP contribution in [0.2, 0.25) is 0 Å². The highest BCUT2D eigenvalue weighted by Crippen LogP contribution is 2.32. The van der Waals surface area contributed by atoms with Crippen LogP contribution in [0.3, 0.4) is 0 Å². The Labute approximate surface area is 214 Å². The van der Waals surface area contributed by atoms with Gasteiger partial charge in [-0.1, -0.05) is 18.6 Å². The summed E-state index contributed by atoms with van der Waals surface area (Å²) < 4.78 is 12.9. The zero-order valence-electron chi connectivity index (χ0n) is 20.8. The van der Waals surface area contributed by atoms with Gasteiger partial charge in [0.1, 0.15) is 6.10 Å². The van der Waals surface area contributed by atoms with Crippen molar-refractivity contribution in [1.29, 1.82) is 0 Å². The summed E-state index contributed by atoms with van der Waals surface area (Å²) in [6, 6.07) is 5.82. The molecule has 1 aromatic heterocycles. The molecule has 1 saturated heterocycles. The molecule has 198 valence electrons. The van der Waals surface area contributed by atoms with Crippen LogP contribution in [0.4, 0.5) is 0 Å². The molecule has 2 aliphatic heterocycles. The van der Waals surface area contributed by atoms with Crippen molar-refractivity contribution in [3.05, 3.63) is 34.6 Å². The summed E-state index contributed by atoms with van der Waals surface area (Å²) >= 11 is 0. The molecule has 5 atom stereocenters. The number of carbonyl (C=O) groups excluding carboxylic acids is 3. The number of nitrogens with one attached hydrogen (secondary N) is 1. The van der Waals surface area contributed by atoms with Crippen molar-refractivity contribution in [2.45, 2.75) is 63.2 Å². The van der Waals surface area contributed by atoms with Gasteiger partial charge in [0.25, 0.3) is 5.56 Å². The molecule has 5 rings (SSSR count). The summed E-state index contributed by atoms with van der Waals surface area (Å²) in [5.41, 5.74) is 5.37. The van der Waals surface area contributed by atoms with Crippen LogP contribution >= 0.6 is 0 Å². The van der Waals surface area contributed by atoms with Gasteiger partial charge in [0.05, 0.1) is 29.8 Å². The molecule has 11 heteroatoms. The maximum absolute atomic E-state index is 13.3. The van der Waals surface area contributed by atoms with Crippen molar-refractivity contribution in [2.75, 3.05) is 26.4 Å². The maximum Gasteiger partial charge on any atom is 0.307 e. The van der Waals surface area contributed by atoms with E-state index < -0.39 is 35.3 Å². The van der Waals surface area contributed by atoms with Crippen molar-refractivity contribution in [3.8, 4) is 6.01 Å². The number of Topliss-reactive ketones (excluding diaryl/α,β-unsaturated/α-hetero) is 1. The summed E-state index contributed by atoms with van der Waals surface area (Å²) in [4.78, 5) is 58.1. The molecule has 1 aromatic carbocycles. The van der Waals surface area contributed by atoms with Crippen LogP contribution in [0.1, 0.15) is 49.7 Å². The van der Waals surface area contributed by atoms with E-state index in [1.54, 1.807) is 24.3 Å². The molecule has 5 unspecified atom stereocenters. The molecule has 1 saturated carbocycles. The molecule has 11 nitrogen and oxygen atoms in total. The lowest BCUT2D eigenvalue weighted by molar-refractivity contribution is -0.122. The molecule has 3 N–H and O–H groups in total. The number of para-hydroxylation sites is 1. The molecule has 2 aromatic rings. The minimum atomic E-state index is -0.955. The highest BCUT2D eigenvalue weighted by Gasteiger charge is 2.38. The number of benzene rings is 1. The zero-order chi connectivity index (χ0) is 25.9. The standard InChI is InChI=1S/C26H33N5O6/c27-23(33)20-13-17-14-30(20)12-11-28-15-36-22-10-4-6-16(22)5-3-9-21(32)25(35)31-24(34)18-7-1-2-8-19(18)29-26(31)37-17/h1-2,7-8,16-17,20,22,28H,3-6,9-15H2,(H2,27,33). The van der Waals surface area contributed by atoms with Gasteiger partial charge in [-0.05, 0) is 43.7 Å². The Morgan fingerprint density at radius 2 is 1.92 bits per heavy atom. The SMILES string of the molecule is NC(=O)C1CC2CN1CCNCOC1CCCC1CCCC(=O)C(=O)n1c(nc3ccccc3c1=O)O2.